The summed E-state index contributed by atoms with van der Waals surface area (Å²) in [5, 5.41) is 2.92. The van der Waals surface area contributed by atoms with E-state index in [0.717, 1.165) is 43.0 Å². The largest absolute Gasteiger partial charge is 0.493 e. The van der Waals surface area contributed by atoms with Crippen LogP contribution in [0.15, 0.2) is 42.5 Å². The smallest absolute Gasteiger partial charge is 0.243 e. The first-order valence-corrected chi connectivity index (χ1v) is 10.6. The molecule has 0 unspecified atom stereocenters. The molecule has 0 saturated carbocycles. The van der Waals surface area contributed by atoms with Crippen LogP contribution in [0, 0.1) is 0 Å². The summed E-state index contributed by atoms with van der Waals surface area (Å²) >= 11 is 0. The molecule has 0 radical (unpaired) electrons. The molecule has 174 valence electrons. The molecule has 0 aliphatic rings. The van der Waals surface area contributed by atoms with E-state index in [2.05, 4.69) is 23.3 Å². The van der Waals surface area contributed by atoms with Crippen molar-refractivity contribution in [2.24, 2.45) is 0 Å². The van der Waals surface area contributed by atoms with Crippen LogP contribution < -0.4 is 24.3 Å². The third kappa shape index (κ3) is 7.81. The summed E-state index contributed by atoms with van der Waals surface area (Å²) in [5.74, 6) is 2.65. The van der Waals surface area contributed by atoms with Gasteiger partial charge in [-0.25, -0.2) is 0 Å². The molecule has 7 heteroatoms. The number of ether oxygens (including phenoxy) is 4. The van der Waals surface area contributed by atoms with Gasteiger partial charge in [-0.05, 0) is 67.9 Å². The summed E-state index contributed by atoms with van der Waals surface area (Å²) in [6.45, 7) is 2.44. The molecule has 0 bridgehead atoms. The standard InChI is InChI=1S/C25H34N2O5/c1-27(16-13-20-8-11-22(30-3)24(18-20)32-5)15-6-14-26-25(28)12-9-19-7-10-21(29-2)23(17-19)31-4/h7-12,17-18H,6,13-16H2,1-5H3,(H,26,28). The topological polar surface area (TPSA) is 69.3 Å². The van der Waals surface area contributed by atoms with Crippen LogP contribution in [0.2, 0.25) is 0 Å². The van der Waals surface area contributed by atoms with Gasteiger partial charge in [-0.2, -0.15) is 0 Å². The third-order valence-electron chi connectivity index (χ3n) is 5.08. The van der Waals surface area contributed by atoms with Gasteiger partial charge < -0.3 is 29.2 Å². The lowest BCUT2D eigenvalue weighted by Crippen LogP contribution is -2.28. The van der Waals surface area contributed by atoms with Crippen molar-refractivity contribution in [3.63, 3.8) is 0 Å². The van der Waals surface area contributed by atoms with Crippen LogP contribution in [0.25, 0.3) is 6.08 Å². The Kier molecular flexibility index (Phi) is 10.4. The lowest BCUT2D eigenvalue weighted by atomic mass is 10.1. The van der Waals surface area contributed by atoms with Crippen molar-refractivity contribution in [2.75, 3.05) is 55.1 Å². The van der Waals surface area contributed by atoms with Crippen LogP contribution >= 0.6 is 0 Å². The summed E-state index contributed by atoms with van der Waals surface area (Å²) < 4.78 is 21.1. The van der Waals surface area contributed by atoms with Gasteiger partial charge in [0.2, 0.25) is 5.91 Å². The van der Waals surface area contributed by atoms with Crippen LogP contribution in [-0.4, -0.2) is 65.9 Å². The number of carbonyl (C=O) groups is 1. The molecule has 0 atom stereocenters. The molecular weight excluding hydrogens is 408 g/mol. The number of nitrogens with one attached hydrogen (secondary N) is 1. The Morgan fingerprint density at radius 3 is 2.16 bits per heavy atom. The van der Waals surface area contributed by atoms with Gasteiger partial charge in [0, 0.05) is 19.2 Å². The van der Waals surface area contributed by atoms with Crippen LogP contribution in [0.4, 0.5) is 0 Å². The Bertz CT molecular complexity index is 898. The first-order chi connectivity index (χ1) is 15.5. The van der Waals surface area contributed by atoms with Crippen molar-refractivity contribution < 1.29 is 23.7 Å². The van der Waals surface area contributed by atoms with Crippen molar-refractivity contribution in [2.45, 2.75) is 12.8 Å². The van der Waals surface area contributed by atoms with Crippen LogP contribution in [-0.2, 0) is 11.2 Å². The van der Waals surface area contributed by atoms with Gasteiger partial charge in [0.25, 0.3) is 0 Å². The number of likely N-dealkylation sites (N-methyl/N-ethyl adjacent to an activating group) is 1. The molecule has 2 aromatic rings. The van der Waals surface area contributed by atoms with Crippen LogP contribution in [0.5, 0.6) is 23.0 Å². The van der Waals surface area contributed by atoms with E-state index in [1.165, 1.54) is 11.6 Å². The zero-order chi connectivity index (χ0) is 23.3. The number of carbonyl (C=O) groups excluding carboxylic acids is 1. The highest BCUT2D eigenvalue weighted by Gasteiger charge is 2.06. The minimum absolute atomic E-state index is 0.118. The molecule has 7 nitrogen and oxygen atoms in total. The Balaban J connectivity index is 1.69. The third-order valence-corrected chi connectivity index (χ3v) is 5.08. The number of amides is 1. The summed E-state index contributed by atoms with van der Waals surface area (Å²) in [7, 11) is 8.54. The molecule has 0 aromatic heterocycles. The predicted octanol–water partition coefficient (Wildman–Crippen LogP) is 3.42. The van der Waals surface area contributed by atoms with Gasteiger partial charge in [0.1, 0.15) is 0 Å². The molecule has 0 aliphatic carbocycles. The number of hydrogen-bond acceptors (Lipinski definition) is 6. The van der Waals surface area contributed by atoms with Crippen LogP contribution in [0.3, 0.4) is 0 Å². The minimum Gasteiger partial charge on any atom is -0.493 e. The molecule has 0 heterocycles. The molecule has 2 rings (SSSR count). The lowest BCUT2D eigenvalue weighted by Gasteiger charge is -2.17. The molecule has 0 saturated heterocycles. The van der Waals surface area contributed by atoms with Gasteiger partial charge in [-0.3, -0.25) is 4.79 Å². The normalized spacial score (nSPS) is 10.9. The van der Waals surface area contributed by atoms with E-state index < -0.39 is 0 Å². The van der Waals surface area contributed by atoms with Crippen molar-refractivity contribution in [3.8, 4) is 23.0 Å². The first-order valence-electron chi connectivity index (χ1n) is 10.6. The molecule has 1 amide bonds. The number of hydrogen-bond donors (Lipinski definition) is 1. The molecule has 0 spiro atoms. The second kappa shape index (κ2) is 13.3. The number of nitrogens with zero attached hydrogens (tertiary/aromatic N) is 1. The summed E-state index contributed by atoms with van der Waals surface area (Å²) in [4.78, 5) is 14.3. The summed E-state index contributed by atoms with van der Waals surface area (Å²) in [6, 6.07) is 11.5. The van der Waals surface area contributed by atoms with Gasteiger partial charge in [0.15, 0.2) is 23.0 Å². The molecule has 0 aliphatic heterocycles. The van der Waals surface area contributed by atoms with E-state index in [-0.39, 0.29) is 5.91 Å². The fourth-order valence-corrected chi connectivity index (χ4v) is 3.22. The fourth-order valence-electron chi connectivity index (χ4n) is 3.22. The maximum absolute atomic E-state index is 12.1. The van der Waals surface area contributed by atoms with E-state index in [4.69, 9.17) is 18.9 Å². The SMILES string of the molecule is COc1ccc(C=CC(=O)NCCCN(C)CCc2ccc(OC)c(OC)c2)cc1OC. The van der Waals surface area contributed by atoms with E-state index in [9.17, 15) is 4.79 Å². The maximum Gasteiger partial charge on any atom is 0.243 e. The Labute approximate surface area is 190 Å². The first kappa shape index (κ1) is 25.1. The Morgan fingerprint density at radius 2 is 1.50 bits per heavy atom. The zero-order valence-corrected chi connectivity index (χ0v) is 19.6. The minimum atomic E-state index is -0.118. The van der Waals surface area contributed by atoms with Crippen LogP contribution in [0.1, 0.15) is 17.5 Å². The zero-order valence-electron chi connectivity index (χ0n) is 19.6. The van der Waals surface area contributed by atoms with Crippen molar-refractivity contribution in [1.29, 1.82) is 0 Å². The van der Waals surface area contributed by atoms with Crippen molar-refractivity contribution in [1.82, 2.24) is 10.2 Å². The molecule has 0 fully saturated rings. The lowest BCUT2D eigenvalue weighted by molar-refractivity contribution is -0.116. The second-order valence-corrected chi connectivity index (χ2v) is 7.33. The Hall–Kier alpha value is -3.19. The average molecular weight is 443 g/mol. The number of rotatable bonds is 13. The van der Waals surface area contributed by atoms with Gasteiger partial charge in [0.05, 0.1) is 28.4 Å². The highest BCUT2D eigenvalue weighted by molar-refractivity contribution is 5.91. The van der Waals surface area contributed by atoms with Crippen molar-refractivity contribution >= 4 is 12.0 Å². The maximum atomic E-state index is 12.1. The fraction of sp³-hybridized carbons (Fsp3) is 0.400. The Morgan fingerprint density at radius 1 is 0.875 bits per heavy atom. The molecular formula is C25H34N2O5. The quantitative estimate of drug-likeness (QED) is 0.379. The molecule has 1 N–H and O–H groups in total. The number of methoxy groups -OCH3 is 4. The summed E-state index contributed by atoms with van der Waals surface area (Å²) in [6.07, 6.45) is 5.07. The van der Waals surface area contributed by atoms with Crippen molar-refractivity contribution in [3.05, 3.63) is 53.6 Å². The van der Waals surface area contributed by atoms with E-state index >= 15 is 0 Å². The second-order valence-electron chi connectivity index (χ2n) is 7.33. The van der Waals surface area contributed by atoms with Gasteiger partial charge >= 0.3 is 0 Å². The monoisotopic (exact) mass is 442 g/mol. The van der Waals surface area contributed by atoms with E-state index in [0.29, 0.717) is 18.0 Å². The molecule has 2 aromatic carbocycles. The molecule has 32 heavy (non-hydrogen) atoms. The van der Waals surface area contributed by atoms with E-state index in [1.54, 1.807) is 34.5 Å². The number of benzene rings is 2. The summed E-state index contributed by atoms with van der Waals surface area (Å²) in [5.41, 5.74) is 2.07. The highest BCUT2D eigenvalue weighted by atomic mass is 16.5. The van der Waals surface area contributed by atoms with E-state index in [1.807, 2.05) is 30.3 Å². The van der Waals surface area contributed by atoms with Gasteiger partial charge in [-0.1, -0.05) is 12.1 Å². The predicted molar refractivity (Wildman–Crippen MR) is 127 cm³/mol. The van der Waals surface area contributed by atoms with Gasteiger partial charge in [-0.15, -0.1) is 0 Å². The average Bonchev–Trinajstić information content (AvgIpc) is 2.83. The highest BCUT2D eigenvalue weighted by Crippen LogP contribution is 2.28.